The Hall–Kier alpha value is -2.49. The van der Waals surface area contributed by atoms with Gasteiger partial charge in [-0.25, -0.2) is 0 Å². The fraction of sp³-hybridized carbons (Fsp3) is 0.278. The highest BCUT2D eigenvalue weighted by atomic mass is 16.5. The smallest absolute Gasteiger partial charge is 0.226 e. The van der Waals surface area contributed by atoms with Crippen molar-refractivity contribution in [1.29, 1.82) is 0 Å². The molecule has 0 fully saturated rings. The molecule has 0 aliphatic carbocycles. The van der Waals surface area contributed by atoms with Crippen LogP contribution in [0.25, 0.3) is 0 Å². The Labute approximate surface area is 131 Å². The van der Waals surface area contributed by atoms with Crippen LogP contribution >= 0.6 is 0 Å². The van der Waals surface area contributed by atoms with Crippen molar-refractivity contribution in [2.75, 3.05) is 17.7 Å². The molecule has 0 radical (unpaired) electrons. The van der Waals surface area contributed by atoms with E-state index in [1.54, 1.807) is 7.11 Å². The van der Waals surface area contributed by atoms with Crippen molar-refractivity contribution in [3.05, 3.63) is 54.1 Å². The van der Waals surface area contributed by atoms with Gasteiger partial charge in [-0.05, 0) is 42.0 Å². The average molecular weight is 298 g/mol. The Morgan fingerprint density at radius 2 is 1.59 bits per heavy atom. The van der Waals surface area contributed by atoms with Crippen molar-refractivity contribution in [2.45, 2.75) is 20.4 Å². The molecule has 2 aromatic carbocycles. The van der Waals surface area contributed by atoms with Crippen molar-refractivity contribution in [2.24, 2.45) is 5.92 Å². The number of nitrogens with one attached hydrogen (secondary N) is 2. The molecule has 4 heteroatoms. The maximum Gasteiger partial charge on any atom is 0.226 e. The zero-order chi connectivity index (χ0) is 15.9. The zero-order valence-electron chi connectivity index (χ0n) is 13.2. The first-order chi connectivity index (χ1) is 10.6. The fourth-order valence-electron chi connectivity index (χ4n) is 1.91. The van der Waals surface area contributed by atoms with E-state index in [0.29, 0.717) is 0 Å². The van der Waals surface area contributed by atoms with E-state index in [2.05, 4.69) is 10.6 Å². The van der Waals surface area contributed by atoms with Crippen LogP contribution in [0.15, 0.2) is 48.5 Å². The Balaban J connectivity index is 1.89. The molecule has 22 heavy (non-hydrogen) atoms. The summed E-state index contributed by atoms with van der Waals surface area (Å²) in [5.41, 5.74) is 3.00. The predicted molar refractivity (Wildman–Crippen MR) is 90.2 cm³/mol. The summed E-state index contributed by atoms with van der Waals surface area (Å²) in [6.07, 6.45) is 0. The lowest BCUT2D eigenvalue weighted by molar-refractivity contribution is -0.118. The second-order valence-electron chi connectivity index (χ2n) is 5.42. The lowest BCUT2D eigenvalue weighted by atomic mass is 10.2. The van der Waals surface area contributed by atoms with E-state index in [0.717, 1.165) is 23.7 Å². The average Bonchev–Trinajstić information content (AvgIpc) is 2.54. The summed E-state index contributed by atoms with van der Waals surface area (Å²) in [4.78, 5) is 11.6. The van der Waals surface area contributed by atoms with Gasteiger partial charge in [0.15, 0.2) is 0 Å². The maximum absolute atomic E-state index is 11.6. The lowest BCUT2D eigenvalue weighted by Gasteiger charge is -2.10. The normalized spacial score (nSPS) is 10.4. The number of anilines is 2. The molecule has 2 aromatic rings. The van der Waals surface area contributed by atoms with Gasteiger partial charge >= 0.3 is 0 Å². The van der Waals surface area contributed by atoms with Crippen LogP contribution in [0.1, 0.15) is 19.4 Å². The summed E-state index contributed by atoms with van der Waals surface area (Å²) in [6.45, 7) is 4.49. The van der Waals surface area contributed by atoms with E-state index < -0.39 is 0 Å². The summed E-state index contributed by atoms with van der Waals surface area (Å²) in [5, 5.41) is 6.22. The summed E-state index contributed by atoms with van der Waals surface area (Å²) in [6, 6.07) is 15.7. The molecule has 0 aliphatic rings. The van der Waals surface area contributed by atoms with Crippen LogP contribution < -0.4 is 15.4 Å². The number of amides is 1. The van der Waals surface area contributed by atoms with E-state index in [1.807, 2.05) is 62.4 Å². The van der Waals surface area contributed by atoms with Crippen molar-refractivity contribution in [3.63, 3.8) is 0 Å². The Kier molecular flexibility index (Phi) is 5.42. The molecule has 1 amide bonds. The first-order valence-electron chi connectivity index (χ1n) is 7.36. The van der Waals surface area contributed by atoms with E-state index in [4.69, 9.17) is 4.74 Å². The summed E-state index contributed by atoms with van der Waals surface area (Å²) in [7, 11) is 1.66. The molecular weight excluding hydrogens is 276 g/mol. The minimum Gasteiger partial charge on any atom is -0.497 e. The number of ether oxygens (including phenoxy) is 1. The SMILES string of the molecule is COc1ccc(CNc2ccc(NC(=O)C(C)C)cc2)cc1. The maximum atomic E-state index is 11.6. The van der Waals surface area contributed by atoms with Crippen LogP contribution in [0, 0.1) is 5.92 Å². The molecule has 0 aliphatic heterocycles. The Morgan fingerprint density at radius 3 is 2.14 bits per heavy atom. The number of hydrogen-bond acceptors (Lipinski definition) is 3. The van der Waals surface area contributed by atoms with Gasteiger partial charge in [-0.15, -0.1) is 0 Å². The zero-order valence-corrected chi connectivity index (χ0v) is 13.2. The third-order valence-electron chi connectivity index (χ3n) is 3.33. The molecule has 2 rings (SSSR count). The summed E-state index contributed by atoms with van der Waals surface area (Å²) < 4.78 is 5.14. The number of hydrogen-bond donors (Lipinski definition) is 2. The number of rotatable bonds is 6. The molecule has 0 saturated carbocycles. The summed E-state index contributed by atoms with van der Waals surface area (Å²) in [5.74, 6) is 0.862. The molecule has 2 N–H and O–H groups in total. The molecule has 4 nitrogen and oxygen atoms in total. The fourth-order valence-corrected chi connectivity index (χ4v) is 1.91. The molecule has 0 atom stereocenters. The Bertz CT molecular complexity index is 604. The minimum atomic E-state index is -0.0205. The largest absolute Gasteiger partial charge is 0.497 e. The van der Waals surface area contributed by atoms with Crippen LogP contribution in [0.3, 0.4) is 0 Å². The quantitative estimate of drug-likeness (QED) is 0.850. The lowest BCUT2D eigenvalue weighted by Crippen LogP contribution is -2.17. The van der Waals surface area contributed by atoms with Crippen molar-refractivity contribution in [1.82, 2.24) is 0 Å². The van der Waals surface area contributed by atoms with Crippen molar-refractivity contribution < 1.29 is 9.53 Å². The molecule has 0 bridgehead atoms. The second-order valence-corrected chi connectivity index (χ2v) is 5.42. The van der Waals surface area contributed by atoms with Gasteiger partial charge in [0.05, 0.1) is 7.11 Å². The number of methoxy groups -OCH3 is 1. The summed E-state index contributed by atoms with van der Waals surface area (Å²) >= 11 is 0. The van der Waals surface area contributed by atoms with Gasteiger partial charge in [-0.1, -0.05) is 26.0 Å². The predicted octanol–water partition coefficient (Wildman–Crippen LogP) is 3.90. The number of carbonyl (C=O) groups is 1. The highest BCUT2D eigenvalue weighted by Gasteiger charge is 2.06. The van der Waals surface area contributed by atoms with Gasteiger partial charge in [-0.2, -0.15) is 0 Å². The van der Waals surface area contributed by atoms with Crippen LogP contribution in [0.4, 0.5) is 11.4 Å². The van der Waals surface area contributed by atoms with E-state index in [9.17, 15) is 4.79 Å². The van der Waals surface area contributed by atoms with E-state index in [-0.39, 0.29) is 11.8 Å². The first-order valence-corrected chi connectivity index (χ1v) is 7.36. The van der Waals surface area contributed by atoms with Gasteiger partial charge in [0, 0.05) is 23.8 Å². The van der Waals surface area contributed by atoms with Gasteiger partial charge in [0.1, 0.15) is 5.75 Å². The van der Waals surface area contributed by atoms with Gasteiger partial charge in [0.25, 0.3) is 0 Å². The molecule has 0 spiro atoms. The van der Waals surface area contributed by atoms with Gasteiger partial charge in [-0.3, -0.25) is 4.79 Å². The standard InChI is InChI=1S/C18H22N2O2/c1-13(2)18(21)20-16-8-6-15(7-9-16)19-12-14-4-10-17(22-3)11-5-14/h4-11,13,19H,12H2,1-3H3,(H,20,21). The molecule has 0 heterocycles. The minimum absolute atomic E-state index is 0.0205. The number of carbonyl (C=O) groups excluding carboxylic acids is 1. The van der Waals surface area contributed by atoms with Crippen LogP contribution in [-0.2, 0) is 11.3 Å². The van der Waals surface area contributed by atoms with Gasteiger partial charge in [0.2, 0.25) is 5.91 Å². The molecule has 0 aromatic heterocycles. The molecule has 116 valence electrons. The van der Waals surface area contributed by atoms with Crippen LogP contribution in [0.5, 0.6) is 5.75 Å². The van der Waals surface area contributed by atoms with Crippen LogP contribution in [-0.4, -0.2) is 13.0 Å². The number of benzene rings is 2. The monoisotopic (exact) mass is 298 g/mol. The molecule has 0 saturated heterocycles. The van der Waals surface area contributed by atoms with Crippen LogP contribution in [0.2, 0.25) is 0 Å². The highest BCUT2D eigenvalue weighted by molar-refractivity contribution is 5.92. The topological polar surface area (TPSA) is 50.4 Å². The molecule has 0 unspecified atom stereocenters. The van der Waals surface area contributed by atoms with Crippen molar-refractivity contribution in [3.8, 4) is 5.75 Å². The Morgan fingerprint density at radius 1 is 1.00 bits per heavy atom. The highest BCUT2D eigenvalue weighted by Crippen LogP contribution is 2.16. The second kappa shape index (κ2) is 7.50. The first kappa shape index (κ1) is 15.9. The van der Waals surface area contributed by atoms with Crippen molar-refractivity contribution >= 4 is 17.3 Å². The van der Waals surface area contributed by atoms with E-state index in [1.165, 1.54) is 5.56 Å². The van der Waals surface area contributed by atoms with E-state index >= 15 is 0 Å². The molecular formula is C18H22N2O2. The third kappa shape index (κ3) is 4.52. The third-order valence-corrected chi connectivity index (χ3v) is 3.33. The van der Waals surface area contributed by atoms with Gasteiger partial charge < -0.3 is 15.4 Å².